The lowest BCUT2D eigenvalue weighted by molar-refractivity contribution is 0.0906. The van der Waals surface area contributed by atoms with Gasteiger partial charge in [-0.15, -0.1) is 0 Å². The van der Waals surface area contributed by atoms with Crippen molar-refractivity contribution in [2.24, 2.45) is 29.1 Å². The van der Waals surface area contributed by atoms with E-state index in [1.54, 1.807) is 0 Å². The average molecular weight is 216 g/mol. The lowest BCUT2D eigenvalue weighted by atomic mass is 9.65. The van der Waals surface area contributed by atoms with Gasteiger partial charge in [0.05, 0.1) is 0 Å². The molecule has 0 nitrogen and oxygen atoms in total. The molecule has 0 aliphatic heterocycles. The average Bonchev–Trinajstić information content (AvgIpc) is 1.95. The van der Waals surface area contributed by atoms with Crippen LogP contribution in [0.5, 0.6) is 0 Å². The quantitative estimate of drug-likeness (QED) is 0.657. The first kappa shape index (κ1) is 14.3. The van der Waals surface area contributed by atoms with Crippen LogP contribution in [-0.4, -0.2) is 5.75 Å². The van der Waals surface area contributed by atoms with Gasteiger partial charge in [-0.3, -0.25) is 0 Å². The molecule has 0 aromatic rings. The second kappa shape index (κ2) is 5.44. The van der Waals surface area contributed by atoms with E-state index in [1.807, 2.05) is 0 Å². The molecule has 2 atom stereocenters. The Morgan fingerprint density at radius 3 is 1.43 bits per heavy atom. The van der Waals surface area contributed by atoms with Crippen LogP contribution in [0.1, 0.15) is 48.5 Å². The molecule has 0 spiro atoms. The SMILES string of the molecule is CC(C)C(CS)C(C(C)C)C(C)(C)C. The molecule has 0 rings (SSSR count). The molecule has 0 heterocycles. The Labute approximate surface area is 96.3 Å². The third-order valence-corrected chi connectivity index (χ3v) is 3.67. The van der Waals surface area contributed by atoms with Crippen LogP contribution in [0.4, 0.5) is 0 Å². The summed E-state index contributed by atoms with van der Waals surface area (Å²) in [7, 11) is 0. The normalized spacial score (nSPS) is 17.6. The third-order valence-electron chi connectivity index (χ3n) is 3.25. The van der Waals surface area contributed by atoms with Gasteiger partial charge in [0.25, 0.3) is 0 Å². The smallest absolute Gasteiger partial charge is 0.00641 e. The second-order valence-corrected chi connectivity index (χ2v) is 6.59. The molecule has 0 N–H and O–H groups in total. The van der Waals surface area contributed by atoms with Gasteiger partial charge in [-0.2, -0.15) is 12.6 Å². The summed E-state index contributed by atoms with van der Waals surface area (Å²) in [6.07, 6.45) is 0. The zero-order valence-electron chi connectivity index (χ0n) is 11.0. The fraction of sp³-hybridized carbons (Fsp3) is 1.00. The first-order chi connectivity index (χ1) is 6.21. The van der Waals surface area contributed by atoms with Gasteiger partial charge in [0.1, 0.15) is 0 Å². The second-order valence-electron chi connectivity index (χ2n) is 6.23. The molecule has 0 aliphatic carbocycles. The lowest BCUT2D eigenvalue weighted by Gasteiger charge is -2.41. The molecule has 2 unspecified atom stereocenters. The highest BCUT2D eigenvalue weighted by molar-refractivity contribution is 7.80. The van der Waals surface area contributed by atoms with Crippen molar-refractivity contribution in [2.45, 2.75) is 48.5 Å². The summed E-state index contributed by atoms with van der Waals surface area (Å²) in [6, 6.07) is 0. The van der Waals surface area contributed by atoms with Crippen molar-refractivity contribution in [3.8, 4) is 0 Å². The molecule has 0 aliphatic rings. The van der Waals surface area contributed by atoms with Gasteiger partial charge < -0.3 is 0 Å². The van der Waals surface area contributed by atoms with Gasteiger partial charge in [0.2, 0.25) is 0 Å². The Hall–Kier alpha value is 0.350. The number of rotatable bonds is 4. The molecule has 0 fully saturated rings. The molecule has 14 heavy (non-hydrogen) atoms. The van der Waals surface area contributed by atoms with Gasteiger partial charge in [0, 0.05) is 0 Å². The van der Waals surface area contributed by atoms with Crippen molar-refractivity contribution in [1.82, 2.24) is 0 Å². The summed E-state index contributed by atoms with van der Waals surface area (Å²) >= 11 is 4.52. The van der Waals surface area contributed by atoms with Crippen molar-refractivity contribution in [3.63, 3.8) is 0 Å². The minimum atomic E-state index is 0.395. The van der Waals surface area contributed by atoms with E-state index in [2.05, 4.69) is 61.1 Å². The number of hydrogen-bond acceptors (Lipinski definition) is 1. The molecule has 0 saturated heterocycles. The van der Waals surface area contributed by atoms with Crippen LogP contribution in [0.3, 0.4) is 0 Å². The van der Waals surface area contributed by atoms with E-state index >= 15 is 0 Å². The Morgan fingerprint density at radius 2 is 1.36 bits per heavy atom. The van der Waals surface area contributed by atoms with Crippen LogP contribution in [0.2, 0.25) is 0 Å². The molecular formula is C13H28S. The first-order valence-electron chi connectivity index (χ1n) is 5.82. The highest BCUT2D eigenvalue weighted by atomic mass is 32.1. The Morgan fingerprint density at radius 1 is 0.929 bits per heavy atom. The van der Waals surface area contributed by atoms with E-state index in [9.17, 15) is 0 Å². The van der Waals surface area contributed by atoms with Crippen LogP contribution in [0.25, 0.3) is 0 Å². The van der Waals surface area contributed by atoms with Crippen molar-refractivity contribution in [1.29, 1.82) is 0 Å². The van der Waals surface area contributed by atoms with Crippen LogP contribution >= 0.6 is 12.6 Å². The van der Waals surface area contributed by atoms with E-state index in [4.69, 9.17) is 0 Å². The summed E-state index contributed by atoms with van der Waals surface area (Å²) < 4.78 is 0. The topological polar surface area (TPSA) is 0 Å². The van der Waals surface area contributed by atoms with Crippen molar-refractivity contribution in [2.75, 3.05) is 5.75 Å². The maximum absolute atomic E-state index is 4.52. The van der Waals surface area contributed by atoms with E-state index < -0.39 is 0 Å². The highest BCUT2D eigenvalue weighted by Gasteiger charge is 2.35. The van der Waals surface area contributed by atoms with Gasteiger partial charge in [-0.25, -0.2) is 0 Å². The van der Waals surface area contributed by atoms with Gasteiger partial charge in [0.15, 0.2) is 0 Å². The molecule has 86 valence electrons. The summed E-state index contributed by atoms with van der Waals surface area (Å²) in [6.45, 7) is 16.4. The monoisotopic (exact) mass is 216 g/mol. The van der Waals surface area contributed by atoms with Gasteiger partial charge in [-0.05, 0) is 34.8 Å². The number of thiol groups is 1. The van der Waals surface area contributed by atoms with E-state index in [1.165, 1.54) is 0 Å². The van der Waals surface area contributed by atoms with Crippen molar-refractivity contribution in [3.05, 3.63) is 0 Å². The third kappa shape index (κ3) is 3.84. The maximum atomic E-state index is 4.52. The van der Waals surface area contributed by atoms with Crippen LogP contribution in [0.15, 0.2) is 0 Å². The fourth-order valence-electron chi connectivity index (χ4n) is 2.88. The van der Waals surface area contributed by atoms with Crippen LogP contribution < -0.4 is 0 Å². The summed E-state index contributed by atoms with van der Waals surface area (Å²) in [5.74, 6) is 3.99. The predicted octanol–water partition coefficient (Wildman–Crippen LogP) is 4.51. The molecule has 0 bridgehead atoms. The van der Waals surface area contributed by atoms with Crippen LogP contribution in [0, 0.1) is 29.1 Å². The Kier molecular flexibility index (Phi) is 5.57. The van der Waals surface area contributed by atoms with E-state index in [0.29, 0.717) is 5.41 Å². The molecule has 0 aromatic carbocycles. The summed E-state index contributed by atoms with van der Waals surface area (Å²) in [4.78, 5) is 0. The Bertz CT molecular complexity index is 153. The predicted molar refractivity (Wildman–Crippen MR) is 70.0 cm³/mol. The summed E-state index contributed by atoms with van der Waals surface area (Å²) in [5.41, 5.74) is 0.395. The minimum absolute atomic E-state index is 0.395. The van der Waals surface area contributed by atoms with E-state index in [0.717, 1.165) is 29.4 Å². The molecule has 1 heteroatoms. The van der Waals surface area contributed by atoms with Gasteiger partial charge >= 0.3 is 0 Å². The maximum Gasteiger partial charge on any atom is -0.00641 e. The zero-order valence-corrected chi connectivity index (χ0v) is 11.9. The highest BCUT2D eigenvalue weighted by Crippen LogP contribution is 2.41. The Balaban J connectivity index is 4.80. The minimum Gasteiger partial charge on any atom is -0.179 e. The van der Waals surface area contributed by atoms with E-state index in [-0.39, 0.29) is 0 Å². The zero-order chi connectivity index (χ0) is 11.5. The molecule has 0 radical (unpaired) electrons. The van der Waals surface area contributed by atoms with Crippen molar-refractivity contribution < 1.29 is 0 Å². The summed E-state index contributed by atoms with van der Waals surface area (Å²) in [5, 5.41) is 0. The van der Waals surface area contributed by atoms with Crippen LogP contribution in [-0.2, 0) is 0 Å². The lowest BCUT2D eigenvalue weighted by Crippen LogP contribution is -2.36. The molecular weight excluding hydrogens is 188 g/mol. The van der Waals surface area contributed by atoms with Crippen molar-refractivity contribution >= 4 is 12.6 Å². The largest absolute Gasteiger partial charge is 0.179 e. The van der Waals surface area contributed by atoms with Gasteiger partial charge in [-0.1, -0.05) is 48.5 Å². The fourth-order valence-corrected chi connectivity index (χ4v) is 3.52. The molecule has 0 aromatic heterocycles. The molecule has 0 saturated carbocycles. The molecule has 0 amide bonds. The standard InChI is InChI=1S/C13H28S/c1-9(2)11(8-14)12(10(3)4)13(5,6)7/h9-12,14H,8H2,1-7H3. The number of hydrogen-bond donors (Lipinski definition) is 1. The first-order valence-corrected chi connectivity index (χ1v) is 6.46.